The van der Waals surface area contributed by atoms with Gasteiger partial charge in [0.1, 0.15) is 6.33 Å². The Bertz CT molecular complexity index is 490. The highest BCUT2D eigenvalue weighted by Crippen LogP contribution is 2.10. The van der Waals surface area contributed by atoms with Gasteiger partial charge in [-0.1, -0.05) is 0 Å². The van der Waals surface area contributed by atoms with E-state index < -0.39 is 0 Å². The smallest absolute Gasteiger partial charge is 0.341 e. The summed E-state index contributed by atoms with van der Waals surface area (Å²) in [4.78, 5) is 19.3. The zero-order valence-electron chi connectivity index (χ0n) is 7.89. The maximum Gasteiger partial charge on any atom is 0.341 e. The largest absolute Gasteiger partial charge is 0.465 e. The van der Waals surface area contributed by atoms with Crippen LogP contribution >= 0.6 is 0 Å². The van der Waals surface area contributed by atoms with Gasteiger partial charge in [0.2, 0.25) is 0 Å². The van der Waals surface area contributed by atoms with Crippen molar-refractivity contribution in [1.29, 1.82) is 0 Å². The predicted octanol–water partition coefficient (Wildman–Crippen LogP) is 0.824. The average molecular weight is 191 g/mol. The Kier molecular flexibility index (Phi) is 1.92. The molecule has 0 atom stereocenters. The number of rotatable bonds is 1. The van der Waals surface area contributed by atoms with Crippen molar-refractivity contribution in [1.82, 2.24) is 14.4 Å². The van der Waals surface area contributed by atoms with Crippen LogP contribution in [-0.2, 0) is 4.74 Å². The number of nitrogens with zero attached hydrogens (tertiary/aromatic N) is 3. The van der Waals surface area contributed by atoms with Crippen molar-refractivity contribution in [3.05, 3.63) is 30.0 Å². The van der Waals surface area contributed by atoms with Crippen molar-refractivity contribution in [3.63, 3.8) is 0 Å². The van der Waals surface area contributed by atoms with E-state index in [9.17, 15) is 4.79 Å². The molecule has 14 heavy (non-hydrogen) atoms. The predicted molar refractivity (Wildman–Crippen MR) is 49.1 cm³/mol. The van der Waals surface area contributed by atoms with Crippen molar-refractivity contribution >= 4 is 11.6 Å². The van der Waals surface area contributed by atoms with Gasteiger partial charge in [-0.2, -0.15) is 0 Å². The number of hydrogen-bond donors (Lipinski definition) is 0. The minimum absolute atomic E-state index is 0.384. The Morgan fingerprint density at radius 2 is 2.29 bits per heavy atom. The highest BCUT2D eigenvalue weighted by Gasteiger charge is 2.12. The first-order valence-corrected chi connectivity index (χ1v) is 4.10. The summed E-state index contributed by atoms with van der Waals surface area (Å²) >= 11 is 0. The molecule has 2 rings (SSSR count). The van der Waals surface area contributed by atoms with Gasteiger partial charge in [-0.25, -0.2) is 14.8 Å². The molecule has 5 nitrogen and oxygen atoms in total. The van der Waals surface area contributed by atoms with Gasteiger partial charge in [0, 0.05) is 11.9 Å². The Morgan fingerprint density at radius 1 is 1.50 bits per heavy atom. The molecular formula is C9H9N3O2. The molecule has 0 N–H and O–H groups in total. The lowest BCUT2D eigenvalue weighted by atomic mass is 10.2. The Labute approximate surface area is 80.4 Å². The lowest BCUT2D eigenvalue weighted by molar-refractivity contribution is 0.0598. The van der Waals surface area contributed by atoms with E-state index in [-0.39, 0.29) is 5.97 Å². The second kappa shape index (κ2) is 3.10. The molecule has 0 aliphatic carbocycles. The molecule has 0 bridgehead atoms. The molecule has 0 saturated carbocycles. The van der Waals surface area contributed by atoms with Crippen LogP contribution < -0.4 is 0 Å². The minimum Gasteiger partial charge on any atom is -0.465 e. The van der Waals surface area contributed by atoms with Crippen LogP contribution in [0.3, 0.4) is 0 Å². The van der Waals surface area contributed by atoms with Crippen LogP contribution in [0.15, 0.2) is 18.7 Å². The first-order chi connectivity index (χ1) is 6.74. The van der Waals surface area contributed by atoms with Gasteiger partial charge in [-0.15, -0.1) is 0 Å². The maximum absolute atomic E-state index is 11.3. The summed E-state index contributed by atoms with van der Waals surface area (Å²) in [5, 5.41) is 0. The molecule has 5 heteroatoms. The number of hydrogen-bond acceptors (Lipinski definition) is 4. The van der Waals surface area contributed by atoms with Crippen LogP contribution in [0.5, 0.6) is 0 Å². The van der Waals surface area contributed by atoms with Crippen LogP contribution in [0.4, 0.5) is 0 Å². The standard InChI is InChI=1S/C9H9N3O2/c1-6-7(9(13)14-2)3-11-8-4-10-5-12(6)8/h3-5H,1-2H3. The zero-order valence-corrected chi connectivity index (χ0v) is 7.89. The van der Waals surface area contributed by atoms with E-state index in [0.717, 1.165) is 11.3 Å². The number of esters is 1. The molecule has 2 aromatic heterocycles. The second-order valence-corrected chi connectivity index (χ2v) is 2.87. The van der Waals surface area contributed by atoms with E-state index in [1.165, 1.54) is 13.3 Å². The average Bonchev–Trinajstić information content (AvgIpc) is 2.66. The lowest BCUT2D eigenvalue weighted by Gasteiger charge is -2.04. The van der Waals surface area contributed by atoms with Gasteiger partial charge in [0.25, 0.3) is 0 Å². The van der Waals surface area contributed by atoms with Gasteiger partial charge in [0.05, 0.1) is 18.9 Å². The highest BCUT2D eigenvalue weighted by molar-refractivity contribution is 5.90. The molecule has 0 aliphatic rings. The van der Waals surface area contributed by atoms with E-state index in [0.29, 0.717) is 5.56 Å². The molecular weight excluding hydrogens is 182 g/mol. The normalized spacial score (nSPS) is 10.4. The lowest BCUT2D eigenvalue weighted by Crippen LogP contribution is -2.08. The molecule has 2 aromatic rings. The zero-order chi connectivity index (χ0) is 10.1. The third kappa shape index (κ3) is 1.14. The van der Waals surface area contributed by atoms with E-state index in [1.54, 1.807) is 16.9 Å². The molecule has 0 fully saturated rings. The topological polar surface area (TPSA) is 56.5 Å². The number of carbonyl (C=O) groups is 1. The van der Waals surface area contributed by atoms with Gasteiger partial charge in [0.15, 0.2) is 5.65 Å². The molecule has 0 spiro atoms. The third-order valence-electron chi connectivity index (χ3n) is 2.10. The number of methoxy groups -OCH3 is 1. The number of aromatic nitrogens is 3. The Morgan fingerprint density at radius 3 is 3.00 bits per heavy atom. The SMILES string of the molecule is COC(=O)c1cnc2cncn2c1C. The number of aryl methyl sites for hydroxylation is 1. The summed E-state index contributed by atoms with van der Waals surface area (Å²) in [6.07, 6.45) is 4.75. The summed E-state index contributed by atoms with van der Waals surface area (Å²) in [6.45, 7) is 1.82. The molecule has 0 aromatic carbocycles. The maximum atomic E-state index is 11.3. The Balaban J connectivity index is 2.67. The number of ether oxygens (including phenoxy) is 1. The summed E-state index contributed by atoms with van der Waals surface area (Å²) in [5.41, 5.74) is 1.95. The molecule has 0 radical (unpaired) electrons. The van der Waals surface area contributed by atoms with Gasteiger partial charge < -0.3 is 4.74 Å². The second-order valence-electron chi connectivity index (χ2n) is 2.87. The van der Waals surface area contributed by atoms with E-state index >= 15 is 0 Å². The number of fused-ring (bicyclic) bond motifs is 1. The van der Waals surface area contributed by atoms with Crippen LogP contribution in [0.2, 0.25) is 0 Å². The quantitative estimate of drug-likeness (QED) is 0.626. The van der Waals surface area contributed by atoms with Crippen LogP contribution in [0, 0.1) is 6.92 Å². The van der Waals surface area contributed by atoms with E-state index in [2.05, 4.69) is 14.7 Å². The van der Waals surface area contributed by atoms with Crippen molar-refractivity contribution in [3.8, 4) is 0 Å². The van der Waals surface area contributed by atoms with Crippen LogP contribution in [0.25, 0.3) is 5.65 Å². The Hall–Kier alpha value is -1.91. The molecule has 72 valence electrons. The van der Waals surface area contributed by atoms with E-state index in [4.69, 9.17) is 0 Å². The fourth-order valence-electron chi connectivity index (χ4n) is 1.31. The van der Waals surface area contributed by atoms with Crippen molar-refractivity contribution in [2.24, 2.45) is 0 Å². The fourth-order valence-corrected chi connectivity index (χ4v) is 1.31. The summed E-state index contributed by atoms with van der Waals surface area (Å²) in [6, 6.07) is 0. The number of imidazole rings is 1. The highest BCUT2D eigenvalue weighted by atomic mass is 16.5. The first kappa shape index (κ1) is 8.68. The van der Waals surface area contributed by atoms with Gasteiger partial charge in [-0.05, 0) is 6.92 Å². The van der Waals surface area contributed by atoms with Crippen LogP contribution in [0.1, 0.15) is 16.1 Å². The van der Waals surface area contributed by atoms with Gasteiger partial charge >= 0.3 is 5.97 Å². The van der Waals surface area contributed by atoms with Crippen molar-refractivity contribution in [2.45, 2.75) is 6.92 Å². The third-order valence-corrected chi connectivity index (χ3v) is 2.10. The molecule has 0 aliphatic heterocycles. The molecule has 0 amide bonds. The van der Waals surface area contributed by atoms with Gasteiger partial charge in [-0.3, -0.25) is 4.40 Å². The monoisotopic (exact) mass is 191 g/mol. The summed E-state index contributed by atoms with van der Waals surface area (Å²) in [7, 11) is 1.35. The number of carbonyl (C=O) groups excluding carboxylic acids is 1. The van der Waals surface area contributed by atoms with Crippen molar-refractivity contribution < 1.29 is 9.53 Å². The fraction of sp³-hybridized carbons (Fsp3) is 0.222. The van der Waals surface area contributed by atoms with Crippen LogP contribution in [-0.4, -0.2) is 27.4 Å². The minimum atomic E-state index is -0.384. The summed E-state index contributed by atoms with van der Waals surface area (Å²) < 4.78 is 6.37. The molecule has 2 heterocycles. The summed E-state index contributed by atoms with van der Waals surface area (Å²) in [5.74, 6) is -0.384. The molecule has 0 unspecified atom stereocenters. The van der Waals surface area contributed by atoms with Crippen molar-refractivity contribution in [2.75, 3.05) is 7.11 Å². The first-order valence-electron chi connectivity index (χ1n) is 4.10. The molecule has 0 saturated heterocycles. The van der Waals surface area contributed by atoms with E-state index in [1.807, 2.05) is 6.92 Å².